The molecule has 0 radical (unpaired) electrons. The SMILES string of the molecule is Cc1ccc(O[C@H](C)C(=O)Nc2ccc(S(=O)(=O)Nc3cccc(Cl)c3)cc2)c(C)c1. The fraction of sp³-hybridized carbons (Fsp3) is 0.174. The molecule has 0 saturated heterocycles. The number of ether oxygens (including phenoxy) is 1. The van der Waals surface area contributed by atoms with Gasteiger partial charge in [-0.1, -0.05) is 35.4 Å². The lowest BCUT2D eigenvalue weighted by Crippen LogP contribution is -2.30. The van der Waals surface area contributed by atoms with E-state index in [0.29, 0.717) is 22.1 Å². The maximum absolute atomic E-state index is 12.6. The van der Waals surface area contributed by atoms with Crippen LogP contribution in [-0.2, 0) is 14.8 Å². The number of carbonyl (C=O) groups is 1. The Hall–Kier alpha value is -3.03. The zero-order chi connectivity index (χ0) is 22.6. The van der Waals surface area contributed by atoms with Gasteiger partial charge in [-0.05, 0) is 74.9 Å². The number of carbonyl (C=O) groups excluding carboxylic acids is 1. The van der Waals surface area contributed by atoms with Crippen molar-refractivity contribution in [2.45, 2.75) is 31.8 Å². The molecule has 0 unspecified atom stereocenters. The first kappa shape index (κ1) is 22.7. The predicted octanol–water partition coefficient (Wildman–Crippen LogP) is 5.16. The third-order valence-corrected chi connectivity index (χ3v) is 6.14. The molecule has 3 aromatic carbocycles. The number of halogens is 1. The first-order valence-electron chi connectivity index (χ1n) is 9.57. The van der Waals surface area contributed by atoms with Crippen LogP contribution in [0.15, 0.2) is 71.6 Å². The summed E-state index contributed by atoms with van der Waals surface area (Å²) in [7, 11) is -3.79. The van der Waals surface area contributed by atoms with E-state index in [2.05, 4.69) is 10.0 Å². The lowest BCUT2D eigenvalue weighted by atomic mass is 10.1. The highest BCUT2D eigenvalue weighted by atomic mass is 35.5. The summed E-state index contributed by atoms with van der Waals surface area (Å²) in [5, 5.41) is 3.16. The van der Waals surface area contributed by atoms with Crippen molar-refractivity contribution in [1.82, 2.24) is 0 Å². The average molecular weight is 459 g/mol. The van der Waals surface area contributed by atoms with E-state index in [9.17, 15) is 13.2 Å². The van der Waals surface area contributed by atoms with Crippen LogP contribution in [0.1, 0.15) is 18.1 Å². The van der Waals surface area contributed by atoms with Gasteiger partial charge in [0, 0.05) is 10.7 Å². The number of hydrogen-bond acceptors (Lipinski definition) is 4. The Labute approximate surface area is 187 Å². The van der Waals surface area contributed by atoms with E-state index < -0.39 is 16.1 Å². The number of benzene rings is 3. The zero-order valence-electron chi connectivity index (χ0n) is 17.3. The number of hydrogen-bond donors (Lipinski definition) is 2. The molecule has 0 spiro atoms. The van der Waals surface area contributed by atoms with Gasteiger partial charge >= 0.3 is 0 Å². The summed E-state index contributed by atoms with van der Waals surface area (Å²) in [6.07, 6.45) is -0.727. The minimum absolute atomic E-state index is 0.0602. The maximum Gasteiger partial charge on any atom is 0.265 e. The van der Waals surface area contributed by atoms with Crippen LogP contribution in [0.25, 0.3) is 0 Å². The van der Waals surface area contributed by atoms with Crippen LogP contribution >= 0.6 is 11.6 Å². The molecule has 0 aliphatic rings. The Bertz CT molecular complexity index is 1190. The average Bonchev–Trinajstić information content (AvgIpc) is 2.70. The van der Waals surface area contributed by atoms with Gasteiger partial charge in [-0.3, -0.25) is 9.52 Å². The summed E-state index contributed by atoms with van der Waals surface area (Å²) in [6, 6.07) is 18.0. The molecule has 2 N–H and O–H groups in total. The summed E-state index contributed by atoms with van der Waals surface area (Å²) in [6.45, 7) is 5.56. The Kier molecular flexibility index (Phi) is 6.87. The van der Waals surface area contributed by atoms with Gasteiger partial charge in [0.25, 0.3) is 15.9 Å². The summed E-state index contributed by atoms with van der Waals surface area (Å²) >= 11 is 5.90. The van der Waals surface area contributed by atoms with E-state index in [1.165, 1.54) is 30.3 Å². The second-order valence-corrected chi connectivity index (χ2v) is 9.28. The Balaban J connectivity index is 1.64. The Morgan fingerprint density at radius 2 is 1.68 bits per heavy atom. The van der Waals surface area contributed by atoms with Crippen molar-refractivity contribution in [3.8, 4) is 5.75 Å². The van der Waals surface area contributed by atoms with Gasteiger partial charge in [0.1, 0.15) is 5.75 Å². The molecule has 0 fully saturated rings. The minimum atomic E-state index is -3.79. The number of rotatable bonds is 7. The molecule has 0 aliphatic carbocycles. The molecule has 0 bridgehead atoms. The number of aryl methyl sites for hydroxylation is 2. The smallest absolute Gasteiger partial charge is 0.265 e. The zero-order valence-corrected chi connectivity index (χ0v) is 18.9. The van der Waals surface area contributed by atoms with Gasteiger partial charge in [-0.25, -0.2) is 8.42 Å². The predicted molar refractivity (Wildman–Crippen MR) is 123 cm³/mol. The molecule has 8 heteroatoms. The van der Waals surface area contributed by atoms with Gasteiger partial charge in [-0.15, -0.1) is 0 Å². The summed E-state index contributed by atoms with van der Waals surface area (Å²) < 4.78 is 33.3. The van der Waals surface area contributed by atoms with Crippen molar-refractivity contribution >= 4 is 38.9 Å². The summed E-state index contributed by atoms with van der Waals surface area (Å²) in [4.78, 5) is 12.5. The fourth-order valence-electron chi connectivity index (χ4n) is 2.90. The molecule has 0 heterocycles. The van der Waals surface area contributed by atoms with Gasteiger partial charge < -0.3 is 10.1 Å². The quantitative estimate of drug-likeness (QED) is 0.512. The first-order chi connectivity index (χ1) is 14.6. The molecule has 0 aromatic heterocycles. The molecule has 6 nitrogen and oxygen atoms in total. The van der Waals surface area contributed by atoms with Gasteiger partial charge in [-0.2, -0.15) is 0 Å². The largest absolute Gasteiger partial charge is 0.481 e. The van der Waals surface area contributed by atoms with Crippen LogP contribution in [-0.4, -0.2) is 20.4 Å². The first-order valence-corrected chi connectivity index (χ1v) is 11.4. The molecule has 1 amide bonds. The second kappa shape index (κ2) is 9.41. The summed E-state index contributed by atoms with van der Waals surface area (Å²) in [5.41, 5.74) is 2.88. The number of amides is 1. The lowest BCUT2D eigenvalue weighted by molar-refractivity contribution is -0.122. The van der Waals surface area contributed by atoms with Crippen molar-refractivity contribution in [2.75, 3.05) is 10.0 Å². The highest BCUT2D eigenvalue weighted by molar-refractivity contribution is 7.92. The Morgan fingerprint density at radius 1 is 0.968 bits per heavy atom. The third kappa shape index (κ3) is 5.99. The second-order valence-electron chi connectivity index (χ2n) is 7.16. The molecule has 0 saturated carbocycles. The molecule has 1 atom stereocenters. The van der Waals surface area contributed by atoms with Crippen LogP contribution in [0, 0.1) is 13.8 Å². The van der Waals surface area contributed by atoms with Crippen LogP contribution < -0.4 is 14.8 Å². The highest BCUT2D eigenvalue weighted by Gasteiger charge is 2.18. The number of anilines is 2. The van der Waals surface area contributed by atoms with E-state index >= 15 is 0 Å². The molecule has 3 rings (SSSR count). The van der Waals surface area contributed by atoms with E-state index in [-0.39, 0.29) is 10.8 Å². The van der Waals surface area contributed by atoms with E-state index in [0.717, 1.165) is 11.1 Å². The van der Waals surface area contributed by atoms with Crippen molar-refractivity contribution < 1.29 is 17.9 Å². The topological polar surface area (TPSA) is 84.5 Å². The monoisotopic (exact) mass is 458 g/mol. The number of nitrogens with one attached hydrogen (secondary N) is 2. The van der Waals surface area contributed by atoms with Crippen molar-refractivity contribution in [2.24, 2.45) is 0 Å². The molecule has 3 aromatic rings. The van der Waals surface area contributed by atoms with Crippen molar-refractivity contribution in [1.29, 1.82) is 0 Å². The summed E-state index contributed by atoms with van der Waals surface area (Å²) in [5.74, 6) is 0.300. The van der Waals surface area contributed by atoms with E-state index in [1.54, 1.807) is 25.1 Å². The maximum atomic E-state index is 12.6. The molecule has 162 valence electrons. The molecule has 31 heavy (non-hydrogen) atoms. The Morgan fingerprint density at radius 3 is 2.32 bits per heavy atom. The lowest BCUT2D eigenvalue weighted by Gasteiger charge is -2.17. The van der Waals surface area contributed by atoms with E-state index in [1.807, 2.05) is 32.0 Å². The van der Waals surface area contributed by atoms with E-state index in [4.69, 9.17) is 16.3 Å². The van der Waals surface area contributed by atoms with Gasteiger partial charge in [0.15, 0.2) is 6.10 Å². The van der Waals surface area contributed by atoms with Gasteiger partial charge in [0.05, 0.1) is 10.6 Å². The fourth-order valence-corrected chi connectivity index (χ4v) is 4.14. The number of sulfonamides is 1. The molecular formula is C23H23ClN2O4S. The third-order valence-electron chi connectivity index (χ3n) is 4.51. The van der Waals surface area contributed by atoms with Crippen LogP contribution in [0.5, 0.6) is 5.75 Å². The van der Waals surface area contributed by atoms with Crippen LogP contribution in [0.3, 0.4) is 0 Å². The molecular weight excluding hydrogens is 436 g/mol. The molecule has 0 aliphatic heterocycles. The highest BCUT2D eigenvalue weighted by Crippen LogP contribution is 2.22. The van der Waals surface area contributed by atoms with Crippen LogP contribution in [0.2, 0.25) is 5.02 Å². The van der Waals surface area contributed by atoms with Crippen LogP contribution in [0.4, 0.5) is 11.4 Å². The standard InChI is InChI=1S/C23H23ClN2O4S/c1-15-7-12-22(16(2)13-15)30-17(3)23(27)25-19-8-10-21(11-9-19)31(28,29)26-20-6-4-5-18(24)14-20/h4-14,17,26H,1-3H3,(H,25,27)/t17-/m1/s1. The minimum Gasteiger partial charge on any atom is -0.481 e. The van der Waals surface area contributed by atoms with Crippen molar-refractivity contribution in [3.05, 3.63) is 82.9 Å². The van der Waals surface area contributed by atoms with Crippen molar-refractivity contribution in [3.63, 3.8) is 0 Å². The normalized spacial score (nSPS) is 12.1. The van der Waals surface area contributed by atoms with Gasteiger partial charge in [0.2, 0.25) is 0 Å².